The van der Waals surface area contributed by atoms with Gasteiger partial charge in [0.2, 0.25) is 0 Å². The molecular formula is C20H24N6O2. The van der Waals surface area contributed by atoms with Crippen LogP contribution in [0.5, 0.6) is 0 Å². The predicted molar refractivity (Wildman–Crippen MR) is 109 cm³/mol. The summed E-state index contributed by atoms with van der Waals surface area (Å²) in [5.74, 6) is -0.277. The molecule has 0 spiro atoms. The number of benzene rings is 2. The second kappa shape index (κ2) is 9.09. The smallest absolute Gasteiger partial charge is 0.261 e. The summed E-state index contributed by atoms with van der Waals surface area (Å²) >= 11 is 0. The number of para-hydroxylation sites is 1. The van der Waals surface area contributed by atoms with Crippen LogP contribution < -0.4 is 10.3 Å². The summed E-state index contributed by atoms with van der Waals surface area (Å²) in [6, 6.07) is 13.5. The van der Waals surface area contributed by atoms with Crippen LogP contribution in [-0.4, -0.2) is 51.9 Å². The minimum Gasteiger partial charge on any atom is -0.395 e. The molecule has 1 heterocycles. The molecule has 0 saturated heterocycles. The fourth-order valence-corrected chi connectivity index (χ4v) is 2.97. The van der Waals surface area contributed by atoms with Crippen molar-refractivity contribution in [3.63, 3.8) is 0 Å². The average molecular weight is 380 g/mol. The summed E-state index contributed by atoms with van der Waals surface area (Å²) < 4.78 is 1.54. The Labute approximate surface area is 163 Å². The number of carbonyl (C=O) groups excluding carboxylic acids is 1. The van der Waals surface area contributed by atoms with Crippen LogP contribution in [0.15, 0.2) is 47.6 Å². The number of aliphatic hydroxyl groups excluding tert-OH is 1. The van der Waals surface area contributed by atoms with Gasteiger partial charge in [0.1, 0.15) is 12.1 Å². The Balaban J connectivity index is 1.61. The third kappa shape index (κ3) is 4.52. The first-order valence-electron chi connectivity index (χ1n) is 9.19. The van der Waals surface area contributed by atoms with Crippen LogP contribution in [0, 0.1) is 6.92 Å². The summed E-state index contributed by atoms with van der Waals surface area (Å²) in [6.07, 6.45) is 1.62. The van der Waals surface area contributed by atoms with E-state index in [4.69, 9.17) is 5.11 Å². The molecule has 0 unspecified atom stereocenters. The van der Waals surface area contributed by atoms with E-state index in [2.05, 4.69) is 25.7 Å². The Hall–Kier alpha value is -3.26. The standard InChI is InChI=1S/C20H24N6O2/c1-3-25(10-11-27)17-9-8-16(15(2)12-17)13-21-23-20(28)14-26-19-7-5-4-6-18(19)22-24-26/h4-9,12-13,27H,3,10-11,14H2,1-2H3,(H,23,28)/b21-13-. The maximum Gasteiger partial charge on any atom is 0.261 e. The van der Waals surface area contributed by atoms with E-state index >= 15 is 0 Å². The molecule has 0 aliphatic rings. The normalized spacial score (nSPS) is 11.2. The van der Waals surface area contributed by atoms with Gasteiger partial charge in [0.05, 0.1) is 18.3 Å². The molecule has 0 atom stereocenters. The van der Waals surface area contributed by atoms with Crippen molar-refractivity contribution in [3.05, 3.63) is 53.6 Å². The van der Waals surface area contributed by atoms with Crippen LogP contribution in [-0.2, 0) is 11.3 Å². The highest BCUT2D eigenvalue weighted by molar-refractivity contribution is 5.85. The van der Waals surface area contributed by atoms with E-state index in [9.17, 15) is 4.79 Å². The van der Waals surface area contributed by atoms with Gasteiger partial charge in [-0.05, 0) is 49.2 Å². The summed E-state index contributed by atoms with van der Waals surface area (Å²) in [4.78, 5) is 14.2. The van der Waals surface area contributed by atoms with Crippen LogP contribution in [0.3, 0.4) is 0 Å². The fourth-order valence-electron chi connectivity index (χ4n) is 2.97. The molecular weight excluding hydrogens is 356 g/mol. The van der Waals surface area contributed by atoms with Gasteiger partial charge < -0.3 is 10.0 Å². The van der Waals surface area contributed by atoms with Gasteiger partial charge in [-0.15, -0.1) is 5.10 Å². The zero-order chi connectivity index (χ0) is 19.9. The number of nitrogens with one attached hydrogen (secondary N) is 1. The van der Waals surface area contributed by atoms with Gasteiger partial charge in [-0.3, -0.25) is 4.79 Å². The third-order valence-electron chi connectivity index (χ3n) is 4.48. The number of hydrogen-bond acceptors (Lipinski definition) is 6. The van der Waals surface area contributed by atoms with Crippen molar-refractivity contribution in [1.82, 2.24) is 20.4 Å². The number of aryl methyl sites for hydroxylation is 1. The Bertz CT molecular complexity index is 982. The van der Waals surface area contributed by atoms with Gasteiger partial charge in [0.15, 0.2) is 0 Å². The van der Waals surface area contributed by atoms with E-state index in [0.29, 0.717) is 6.54 Å². The van der Waals surface area contributed by atoms with E-state index in [0.717, 1.165) is 34.4 Å². The van der Waals surface area contributed by atoms with Crippen molar-refractivity contribution in [2.75, 3.05) is 24.6 Å². The first-order chi connectivity index (χ1) is 13.6. The molecule has 0 radical (unpaired) electrons. The van der Waals surface area contributed by atoms with Crippen LogP contribution in [0.2, 0.25) is 0 Å². The van der Waals surface area contributed by atoms with Gasteiger partial charge in [0, 0.05) is 18.8 Å². The van der Waals surface area contributed by atoms with Crippen LogP contribution in [0.4, 0.5) is 5.69 Å². The van der Waals surface area contributed by atoms with E-state index in [1.165, 1.54) is 0 Å². The monoisotopic (exact) mass is 380 g/mol. The number of anilines is 1. The predicted octanol–water partition coefficient (Wildman–Crippen LogP) is 1.71. The molecule has 8 nitrogen and oxygen atoms in total. The zero-order valence-corrected chi connectivity index (χ0v) is 16.0. The molecule has 0 fully saturated rings. The molecule has 0 bridgehead atoms. The minimum atomic E-state index is -0.277. The van der Waals surface area contributed by atoms with Crippen molar-refractivity contribution < 1.29 is 9.90 Å². The van der Waals surface area contributed by atoms with Crippen molar-refractivity contribution in [2.24, 2.45) is 5.10 Å². The molecule has 8 heteroatoms. The van der Waals surface area contributed by atoms with Crippen molar-refractivity contribution >= 4 is 28.8 Å². The number of rotatable bonds is 8. The van der Waals surface area contributed by atoms with Gasteiger partial charge in [0.25, 0.3) is 5.91 Å². The van der Waals surface area contributed by atoms with Crippen LogP contribution in [0.1, 0.15) is 18.1 Å². The first kappa shape index (κ1) is 19.5. The number of carbonyl (C=O) groups is 1. The molecule has 3 aromatic rings. The van der Waals surface area contributed by atoms with Crippen molar-refractivity contribution in [2.45, 2.75) is 20.4 Å². The molecule has 0 aliphatic carbocycles. The Morgan fingerprint density at radius 2 is 2.14 bits per heavy atom. The summed E-state index contributed by atoms with van der Waals surface area (Å²) in [5.41, 5.74) is 7.08. The molecule has 2 aromatic carbocycles. The second-order valence-electron chi connectivity index (χ2n) is 6.37. The van der Waals surface area contributed by atoms with E-state index < -0.39 is 0 Å². The number of nitrogens with zero attached hydrogens (tertiary/aromatic N) is 5. The van der Waals surface area contributed by atoms with E-state index in [-0.39, 0.29) is 19.1 Å². The molecule has 2 N–H and O–H groups in total. The Morgan fingerprint density at radius 3 is 2.89 bits per heavy atom. The van der Waals surface area contributed by atoms with Crippen LogP contribution in [0.25, 0.3) is 11.0 Å². The largest absolute Gasteiger partial charge is 0.395 e. The SMILES string of the molecule is CCN(CCO)c1ccc(/C=N\NC(=O)Cn2nnc3ccccc32)c(C)c1. The lowest BCUT2D eigenvalue weighted by Crippen LogP contribution is -2.26. The molecule has 146 valence electrons. The maximum absolute atomic E-state index is 12.1. The van der Waals surface area contributed by atoms with Gasteiger partial charge >= 0.3 is 0 Å². The molecule has 3 rings (SSSR count). The lowest BCUT2D eigenvalue weighted by molar-refractivity contribution is -0.121. The number of amides is 1. The molecule has 28 heavy (non-hydrogen) atoms. The van der Waals surface area contributed by atoms with E-state index in [1.54, 1.807) is 10.9 Å². The highest BCUT2D eigenvalue weighted by Gasteiger charge is 2.08. The number of hydrogen-bond donors (Lipinski definition) is 2. The minimum absolute atomic E-state index is 0.0440. The third-order valence-corrected chi connectivity index (χ3v) is 4.48. The first-order valence-corrected chi connectivity index (χ1v) is 9.19. The number of likely N-dealkylation sites (N-methyl/N-ethyl adjacent to an activating group) is 1. The number of aromatic nitrogens is 3. The lowest BCUT2D eigenvalue weighted by Gasteiger charge is -2.22. The number of aliphatic hydroxyl groups is 1. The van der Waals surface area contributed by atoms with Crippen molar-refractivity contribution in [3.8, 4) is 0 Å². The lowest BCUT2D eigenvalue weighted by atomic mass is 10.1. The molecule has 0 saturated carbocycles. The topological polar surface area (TPSA) is 95.6 Å². The number of hydrazone groups is 1. The Kier molecular flexibility index (Phi) is 6.33. The second-order valence-corrected chi connectivity index (χ2v) is 6.37. The summed E-state index contributed by atoms with van der Waals surface area (Å²) in [7, 11) is 0. The quantitative estimate of drug-likeness (QED) is 0.458. The fraction of sp³-hybridized carbons (Fsp3) is 0.300. The molecule has 1 amide bonds. The van der Waals surface area contributed by atoms with Gasteiger partial charge in [-0.1, -0.05) is 23.4 Å². The maximum atomic E-state index is 12.1. The molecule has 1 aromatic heterocycles. The number of fused-ring (bicyclic) bond motifs is 1. The Morgan fingerprint density at radius 1 is 1.32 bits per heavy atom. The molecule has 0 aliphatic heterocycles. The summed E-state index contributed by atoms with van der Waals surface area (Å²) in [6.45, 7) is 5.61. The highest BCUT2D eigenvalue weighted by Crippen LogP contribution is 2.18. The van der Waals surface area contributed by atoms with E-state index in [1.807, 2.05) is 56.3 Å². The average Bonchev–Trinajstić information content (AvgIpc) is 3.10. The van der Waals surface area contributed by atoms with Crippen molar-refractivity contribution in [1.29, 1.82) is 0 Å². The highest BCUT2D eigenvalue weighted by atomic mass is 16.3. The van der Waals surface area contributed by atoms with Crippen LogP contribution >= 0.6 is 0 Å². The van der Waals surface area contributed by atoms with Gasteiger partial charge in [-0.2, -0.15) is 5.10 Å². The zero-order valence-electron chi connectivity index (χ0n) is 16.0. The summed E-state index contributed by atoms with van der Waals surface area (Å²) in [5, 5.41) is 21.2. The van der Waals surface area contributed by atoms with Gasteiger partial charge in [-0.25, -0.2) is 10.1 Å².